The van der Waals surface area contributed by atoms with Crippen molar-refractivity contribution in [1.82, 2.24) is 0 Å². The second-order valence-corrected chi connectivity index (χ2v) is 9.25. The zero-order valence-corrected chi connectivity index (χ0v) is 17.4. The van der Waals surface area contributed by atoms with Crippen molar-refractivity contribution in [1.29, 1.82) is 0 Å². The van der Waals surface area contributed by atoms with Crippen LogP contribution in [0.4, 0.5) is 0 Å². The molecule has 0 aliphatic carbocycles. The van der Waals surface area contributed by atoms with E-state index in [4.69, 9.17) is 34.8 Å². The Kier molecular flexibility index (Phi) is 12.3. The van der Waals surface area contributed by atoms with Crippen LogP contribution in [0, 0.1) is 5.92 Å². The molecule has 0 radical (unpaired) electrons. The zero-order chi connectivity index (χ0) is 17.7. The smallest absolute Gasteiger partial charge is 0.0834 e. The van der Waals surface area contributed by atoms with Gasteiger partial charge in [-0.3, -0.25) is 0 Å². The van der Waals surface area contributed by atoms with Gasteiger partial charge in [0.15, 0.2) is 3.79 Å². The molecule has 24 heavy (non-hydrogen) atoms. The number of alkyl halides is 3. The van der Waals surface area contributed by atoms with Crippen LogP contribution in [0.2, 0.25) is 0 Å². The molecule has 0 nitrogen and oxygen atoms in total. The summed E-state index contributed by atoms with van der Waals surface area (Å²) in [7, 11) is 0. The first-order valence-electron chi connectivity index (χ1n) is 9.64. The standard InChI is InChI=1S/C21H33Cl3/c1-2-3-4-5-6-12-17-20(21(22,23)24)18-13-8-11-16-19-14-9-7-10-15-19/h7,9-10,14-15,20H,2-6,8,11-13,16-18H2,1H3. The van der Waals surface area contributed by atoms with Crippen LogP contribution in [0.3, 0.4) is 0 Å². The highest BCUT2D eigenvalue weighted by atomic mass is 35.6. The van der Waals surface area contributed by atoms with E-state index in [-0.39, 0.29) is 5.92 Å². The van der Waals surface area contributed by atoms with Crippen LogP contribution >= 0.6 is 34.8 Å². The maximum atomic E-state index is 6.20. The molecule has 1 atom stereocenters. The van der Waals surface area contributed by atoms with E-state index in [1.807, 2.05) is 0 Å². The fourth-order valence-corrected chi connectivity index (χ4v) is 3.84. The van der Waals surface area contributed by atoms with Crippen LogP contribution in [-0.2, 0) is 6.42 Å². The molecule has 0 N–H and O–H groups in total. The number of halogens is 3. The summed E-state index contributed by atoms with van der Waals surface area (Å²) in [6.45, 7) is 2.25. The van der Waals surface area contributed by atoms with E-state index >= 15 is 0 Å². The van der Waals surface area contributed by atoms with Gasteiger partial charge in [-0.2, -0.15) is 0 Å². The third kappa shape index (κ3) is 10.9. The molecule has 0 bridgehead atoms. The van der Waals surface area contributed by atoms with Crippen molar-refractivity contribution in [3.63, 3.8) is 0 Å². The van der Waals surface area contributed by atoms with Crippen LogP contribution in [0.5, 0.6) is 0 Å². The van der Waals surface area contributed by atoms with Gasteiger partial charge in [-0.25, -0.2) is 0 Å². The molecule has 0 aromatic heterocycles. The lowest BCUT2D eigenvalue weighted by Crippen LogP contribution is -2.19. The van der Waals surface area contributed by atoms with Gasteiger partial charge in [-0.1, -0.05) is 123 Å². The average Bonchev–Trinajstić information content (AvgIpc) is 2.55. The van der Waals surface area contributed by atoms with Gasteiger partial charge in [0.05, 0.1) is 0 Å². The Labute approximate surface area is 164 Å². The number of unbranched alkanes of at least 4 members (excludes halogenated alkanes) is 7. The Morgan fingerprint density at radius 3 is 1.88 bits per heavy atom. The molecule has 0 fully saturated rings. The topological polar surface area (TPSA) is 0 Å². The maximum absolute atomic E-state index is 6.20. The second-order valence-electron chi connectivity index (χ2n) is 6.88. The van der Waals surface area contributed by atoms with Gasteiger partial charge in [0, 0.05) is 5.92 Å². The Hall–Kier alpha value is 0.0900. The summed E-state index contributed by atoms with van der Waals surface area (Å²) in [5.74, 6) is 0.199. The minimum Gasteiger partial charge on any atom is -0.0834 e. The van der Waals surface area contributed by atoms with E-state index in [0.29, 0.717) is 0 Å². The quantitative estimate of drug-likeness (QED) is 0.233. The first kappa shape index (κ1) is 22.1. The Bertz CT molecular complexity index is 397. The highest BCUT2D eigenvalue weighted by Gasteiger charge is 2.31. The maximum Gasteiger partial charge on any atom is 0.193 e. The summed E-state index contributed by atoms with van der Waals surface area (Å²) in [6.07, 6.45) is 14.5. The Morgan fingerprint density at radius 1 is 0.750 bits per heavy atom. The fourth-order valence-electron chi connectivity index (χ4n) is 3.18. The summed E-state index contributed by atoms with van der Waals surface area (Å²) < 4.78 is -1.11. The van der Waals surface area contributed by atoms with E-state index in [9.17, 15) is 0 Å². The summed E-state index contributed by atoms with van der Waals surface area (Å²) in [5, 5.41) is 0. The molecule has 0 heterocycles. The molecule has 0 aliphatic rings. The van der Waals surface area contributed by atoms with Crippen molar-refractivity contribution in [2.24, 2.45) is 5.92 Å². The second kappa shape index (κ2) is 13.3. The lowest BCUT2D eigenvalue weighted by Gasteiger charge is -2.24. The highest BCUT2D eigenvalue weighted by molar-refractivity contribution is 6.67. The predicted octanol–water partition coefficient (Wildman–Crippen LogP) is 8.53. The molecule has 0 amide bonds. The van der Waals surface area contributed by atoms with E-state index in [0.717, 1.165) is 25.7 Å². The van der Waals surface area contributed by atoms with Gasteiger partial charge < -0.3 is 0 Å². The van der Waals surface area contributed by atoms with Crippen LogP contribution in [0.15, 0.2) is 30.3 Å². The molecular formula is C21H33Cl3. The third-order valence-corrected chi connectivity index (χ3v) is 5.66. The summed E-state index contributed by atoms with van der Waals surface area (Å²) in [4.78, 5) is 0. The average molecular weight is 392 g/mol. The minimum absolute atomic E-state index is 0.199. The van der Waals surface area contributed by atoms with Crippen molar-refractivity contribution in [3.05, 3.63) is 35.9 Å². The molecule has 1 aromatic carbocycles. The van der Waals surface area contributed by atoms with Crippen molar-refractivity contribution >= 4 is 34.8 Å². The van der Waals surface area contributed by atoms with E-state index in [1.165, 1.54) is 56.9 Å². The van der Waals surface area contributed by atoms with Crippen molar-refractivity contribution in [2.75, 3.05) is 0 Å². The van der Waals surface area contributed by atoms with Crippen molar-refractivity contribution in [3.8, 4) is 0 Å². The van der Waals surface area contributed by atoms with Crippen LogP contribution in [0.1, 0.15) is 83.1 Å². The molecule has 1 unspecified atom stereocenters. The fraction of sp³-hybridized carbons (Fsp3) is 0.714. The monoisotopic (exact) mass is 390 g/mol. The van der Waals surface area contributed by atoms with Gasteiger partial charge in [-0.15, -0.1) is 0 Å². The van der Waals surface area contributed by atoms with E-state index in [2.05, 4.69) is 37.3 Å². The van der Waals surface area contributed by atoms with Crippen LogP contribution < -0.4 is 0 Å². The van der Waals surface area contributed by atoms with Crippen LogP contribution in [-0.4, -0.2) is 3.79 Å². The lowest BCUT2D eigenvalue weighted by atomic mass is 9.95. The first-order chi connectivity index (χ1) is 11.5. The molecule has 3 heteroatoms. The molecule has 138 valence electrons. The number of hydrogen-bond donors (Lipinski definition) is 0. The van der Waals surface area contributed by atoms with Gasteiger partial charge in [-0.05, 0) is 31.2 Å². The number of rotatable bonds is 13. The molecule has 1 aromatic rings. The Morgan fingerprint density at radius 2 is 1.29 bits per heavy atom. The third-order valence-electron chi connectivity index (χ3n) is 4.73. The molecule has 0 saturated carbocycles. The molecular weight excluding hydrogens is 359 g/mol. The van der Waals surface area contributed by atoms with E-state index in [1.54, 1.807) is 0 Å². The first-order valence-corrected chi connectivity index (χ1v) is 10.8. The summed E-state index contributed by atoms with van der Waals surface area (Å²) >= 11 is 18.6. The number of aryl methyl sites for hydroxylation is 1. The number of hydrogen-bond acceptors (Lipinski definition) is 0. The predicted molar refractivity (Wildman–Crippen MR) is 110 cm³/mol. The van der Waals surface area contributed by atoms with Gasteiger partial charge >= 0.3 is 0 Å². The lowest BCUT2D eigenvalue weighted by molar-refractivity contribution is 0.410. The molecule has 0 aliphatic heterocycles. The van der Waals surface area contributed by atoms with E-state index < -0.39 is 3.79 Å². The number of benzene rings is 1. The summed E-state index contributed by atoms with van der Waals surface area (Å²) in [5.41, 5.74) is 1.42. The van der Waals surface area contributed by atoms with Gasteiger partial charge in [0.2, 0.25) is 0 Å². The van der Waals surface area contributed by atoms with Crippen LogP contribution in [0.25, 0.3) is 0 Å². The molecule has 1 rings (SSSR count). The van der Waals surface area contributed by atoms with Crippen molar-refractivity contribution in [2.45, 2.75) is 87.8 Å². The van der Waals surface area contributed by atoms with Crippen molar-refractivity contribution < 1.29 is 0 Å². The Balaban J connectivity index is 2.16. The summed E-state index contributed by atoms with van der Waals surface area (Å²) in [6, 6.07) is 10.7. The normalized spacial score (nSPS) is 13.2. The minimum atomic E-state index is -1.11. The molecule has 0 saturated heterocycles. The largest absolute Gasteiger partial charge is 0.193 e. The SMILES string of the molecule is CCCCCCCCC(CCCCCc1ccccc1)C(Cl)(Cl)Cl. The molecule has 0 spiro atoms. The zero-order valence-electron chi connectivity index (χ0n) is 15.1. The highest BCUT2D eigenvalue weighted by Crippen LogP contribution is 2.40. The van der Waals surface area contributed by atoms with Gasteiger partial charge in [0.25, 0.3) is 0 Å². The van der Waals surface area contributed by atoms with Gasteiger partial charge in [0.1, 0.15) is 0 Å².